The number of aliphatic hydroxyl groups excluding tert-OH is 4. The molecule has 1 unspecified atom stereocenters. The van der Waals surface area contributed by atoms with E-state index in [1.54, 1.807) is 25.4 Å². The molecule has 0 amide bonds. The van der Waals surface area contributed by atoms with E-state index in [-0.39, 0.29) is 49.2 Å². The fourth-order valence-corrected chi connectivity index (χ4v) is 5.25. The Labute approximate surface area is 265 Å². The van der Waals surface area contributed by atoms with Crippen molar-refractivity contribution in [2.24, 2.45) is 22.6 Å². The van der Waals surface area contributed by atoms with Crippen LogP contribution in [0.15, 0.2) is 64.7 Å². The van der Waals surface area contributed by atoms with Crippen LogP contribution in [0.25, 0.3) is 0 Å². The highest BCUT2D eigenvalue weighted by Crippen LogP contribution is 2.37. The first-order valence-corrected chi connectivity index (χ1v) is 14.5. The van der Waals surface area contributed by atoms with E-state index in [1.807, 2.05) is 0 Å². The van der Waals surface area contributed by atoms with E-state index in [4.69, 9.17) is 29.4 Å². The number of methoxy groups -OCH3 is 1. The maximum absolute atomic E-state index is 12.8. The zero-order valence-electron chi connectivity index (χ0n) is 25.9. The van der Waals surface area contributed by atoms with Gasteiger partial charge >= 0.3 is 11.9 Å². The van der Waals surface area contributed by atoms with Gasteiger partial charge in [0.2, 0.25) is 6.29 Å². The molecule has 1 fully saturated rings. The summed E-state index contributed by atoms with van der Waals surface area (Å²) in [6.07, 6.45) is -0.319. The van der Waals surface area contributed by atoms with E-state index < -0.39 is 67.4 Å². The summed E-state index contributed by atoms with van der Waals surface area (Å²) in [7, 11) is 4.25. The predicted octanol–water partition coefficient (Wildman–Crippen LogP) is -3.96. The first-order chi connectivity index (χ1) is 22.0. The van der Waals surface area contributed by atoms with E-state index in [9.17, 15) is 35.1 Å². The Morgan fingerprint density at radius 3 is 2.59 bits per heavy atom. The van der Waals surface area contributed by atoms with E-state index in [1.165, 1.54) is 20.2 Å². The lowest BCUT2D eigenvalue weighted by Gasteiger charge is -2.44. The quantitative estimate of drug-likeness (QED) is 0.0285. The van der Waals surface area contributed by atoms with Gasteiger partial charge in [-0.25, -0.2) is 9.59 Å². The second-order valence-electron chi connectivity index (χ2n) is 10.5. The minimum atomic E-state index is -1.49. The van der Waals surface area contributed by atoms with Crippen molar-refractivity contribution in [2.75, 3.05) is 54.2 Å². The molecule has 3 heterocycles. The number of nitrogens with zero attached hydrogens (tertiary/aromatic N) is 1. The van der Waals surface area contributed by atoms with Gasteiger partial charge in [-0.1, -0.05) is 18.2 Å². The standard InChI is InChI=1S/C29H43N5O12/c1-5-16-17(7-6-15-10-34(8-9-35)11-18(25(39)40)21(15)33-29(30)32-3)19(26(41)42-4)13-43-27(16)46-28-24(44-14-31-2)23(38)22(37)20(12-36)45-28/h5-7,10,13,16-17,20,22-24,27-28,31,35-38H,1,8-9,11-12,14H2,2-4H3,(H,39,40)(H3,30,32,33)/p+1/b7-6+/t16-,17+,20-,22-,23+,24-,27+,28+/m1/s1. The molecule has 3 rings (SSSR count). The Balaban J connectivity index is 2.03. The number of aliphatic hydroxyl groups is 4. The monoisotopic (exact) mass is 654 g/mol. The lowest BCUT2D eigenvalue weighted by molar-refractivity contribution is -0.843. The number of quaternary nitrogens is 1. The number of nitrogens with one attached hydrogen (secondary N) is 3. The normalized spacial score (nSPS) is 32.0. The van der Waals surface area contributed by atoms with Gasteiger partial charge in [0.25, 0.3) is 0 Å². The molecule has 17 heteroatoms. The average molecular weight is 655 g/mol. The molecule has 0 radical (unpaired) electrons. The Hall–Kier alpha value is -3.65. The molecule has 0 aromatic heterocycles. The number of rotatable bonds is 14. The highest BCUT2D eigenvalue weighted by Gasteiger charge is 2.48. The Bertz CT molecular complexity index is 1250. The Kier molecular flexibility index (Phi) is 13.9. The van der Waals surface area contributed by atoms with Gasteiger partial charge in [0.05, 0.1) is 56.1 Å². The van der Waals surface area contributed by atoms with Crippen molar-refractivity contribution in [3.8, 4) is 0 Å². The summed E-state index contributed by atoms with van der Waals surface area (Å²) in [5.74, 6) is -3.56. The lowest BCUT2D eigenvalue weighted by atomic mass is 9.83. The van der Waals surface area contributed by atoms with E-state index in [2.05, 4.69) is 22.2 Å². The summed E-state index contributed by atoms with van der Waals surface area (Å²) < 4.78 is 28.2. The second-order valence-corrected chi connectivity index (χ2v) is 10.5. The van der Waals surface area contributed by atoms with Crippen molar-refractivity contribution in [2.45, 2.75) is 37.0 Å². The SMILES string of the molecule is C=C[C@H]1[C@H](O[C@@H]2O[C@H](CO)[C@@H](O)[C@H](O)[C@H]2OCNC)OC=C(C(=O)OC)[C@H]1/C=C/C1=C[NH+](CCO)CC(C(=O)O)=C1NC(N)=NC. The van der Waals surface area contributed by atoms with Crippen LogP contribution in [0.1, 0.15) is 0 Å². The fraction of sp³-hybridized carbons (Fsp3) is 0.552. The number of esters is 1. The largest absolute Gasteiger partial charge is 0.478 e. The van der Waals surface area contributed by atoms with Crippen molar-refractivity contribution in [3.63, 3.8) is 0 Å². The molecular weight excluding hydrogens is 610 g/mol. The van der Waals surface area contributed by atoms with Gasteiger partial charge in [-0.05, 0) is 7.05 Å². The Morgan fingerprint density at radius 1 is 1.26 bits per heavy atom. The third kappa shape index (κ3) is 8.58. The number of aliphatic carboxylic acids is 1. The number of hydrogen-bond acceptors (Lipinski definition) is 13. The molecule has 0 spiro atoms. The number of carboxylic acids is 1. The number of ether oxygens (including phenoxy) is 5. The summed E-state index contributed by atoms with van der Waals surface area (Å²) in [6, 6.07) is 0. The molecule has 46 heavy (non-hydrogen) atoms. The molecule has 3 aliphatic rings. The first kappa shape index (κ1) is 36.8. The van der Waals surface area contributed by atoms with Crippen LogP contribution >= 0.6 is 0 Å². The molecule has 0 aromatic rings. The number of carbonyl (C=O) groups excluding carboxylic acids is 1. The molecule has 0 aromatic carbocycles. The third-order valence-corrected chi connectivity index (χ3v) is 7.65. The molecule has 17 nitrogen and oxygen atoms in total. The number of carbonyl (C=O) groups is 2. The van der Waals surface area contributed by atoms with Crippen molar-refractivity contribution >= 4 is 17.9 Å². The summed E-state index contributed by atoms with van der Waals surface area (Å²) >= 11 is 0. The molecule has 1 saturated heterocycles. The number of nitrogens with two attached hydrogens (primary N) is 1. The summed E-state index contributed by atoms with van der Waals surface area (Å²) in [6.45, 7) is 3.32. The van der Waals surface area contributed by atoms with Crippen molar-refractivity contribution in [3.05, 3.63) is 59.7 Å². The van der Waals surface area contributed by atoms with Crippen LogP contribution in [0, 0.1) is 11.8 Å². The summed E-state index contributed by atoms with van der Waals surface area (Å²) in [5, 5.41) is 56.0. The molecule has 10 N–H and O–H groups in total. The fourth-order valence-electron chi connectivity index (χ4n) is 5.25. The van der Waals surface area contributed by atoms with Gasteiger partial charge in [-0.3, -0.25) is 10.3 Å². The number of hydrogen-bond donors (Lipinski definition) is 9. The topological polar surface area (TPSA) is 248 Å². The molecule has 9 atom stereocenters. The van der Waals surface area contributed by atoms with E-state index in [0.717, 1.165) is 6.26 Å². The van der Waals surface area contributed by atoms with Crippen LogP contribution in [-0.2, 0) is 33.3 Å². The molecule has 256 valence electrons. The summed E-state index contributed by atoms with van der Waals surface area (Å²) in [5.41, 5.74) is 6.53. The molecule has 0 aliphatic carbocycles. The van der Waals surface area contributed by atoms with Crippen LogP contribution in [0.5, 0.6) is 0 Å². The number of allylic oxidation sites excluding steroid dienone is 2. The van der Waals surface area contributed by atoms with Gasteiger partial charge in [0, 0.05) is 13.0 Å². The van der Waals surface area contributed by atoms with Crippen LogP contribution in [-0.4, -0.2) is 135 Å². The van der Waals surface area contributed by atoms with Crippen LogP contribution in [0.4, 0.5) is 0 Å². The second kappa shape index (κ2) is 17.3. The number of carboxylic acid groups (broad SMARTS) is 1. The van der Waals surface area contributed by atoms with E-state index in [0.29, 0.717) is 10.5 Å². The zero-order valence-corrected chi connectivity index (χ0v) is 25.9. The van der Waals surface area contributed by atoms with Gasteiger partial charge in [0.15, 0.2) is 12.2 Å². The average Bonchev–Trinajstić information content (AvgIpc) is 3.05. The molecular formula is C29H44N5O12+. The maximum atomic E-state index is 12.8. The van der Waals surface area contributed by atoms with Gasteiger partial charge in [0.1, 0.15) is 49.3 Å². The molecule has 0 saturated carbocycles. The van der Waals surface area contributed by atoms with Crippen molar-refractivity contribution in [1.29, 1.82) is 0 Å². The number of aliphatic imine (C=N–C) groups is 1. The summed E-state index contributed by atoms with van der Waals surface area (Å²) in [4.78, 5) is 29.6. The highest BCUT2D eigenvalue weighted by atomic mass is 16.8. The minimum Gasteiger partial charge on any atom is -0.478 e. The van der Waals surface area contributed by atoms with Crippen LogP contribution < -0.4 is 21.3 Å². The zero-order chi connectivity index (χ0) is 34.0. The first-order valence-electron chi connectivity index (χ1n) is 14.5. The van der Waals surface area contributed by atoms with Crippen molar-refractivity contribution < 1.29 is 63.7 Å². The predicted molar refractivity (Wildman–Crippen MR) is 160 cm³/mol. The maximum Gasteiger partial charge on any atom is 0.339 e. The van der Waals surface area contributed by atoms with Crippen LogP contribution in [0.3, 0.4) is 0 Å². The van der Waals surface area contributed by atoms with Gasteiger partial charge in [-0.2, -0.15) is 0 Å². The Morgan fingerprint density at radius 2 is 2.00 bits per heavy atom. The third-order valence-electron chi connectivity index (χ3n) is 7.65. The van der Waals surface area contributed by atoms with Gasteiger partial charge < -0.3 is 65.2 Å². The van der Waals surface area contributed by atoms with E-state index >= 15 is 0 Å². The smallest absolute Gasteiger partial charge is 0.339 e. The molecule has 0 bridgehead atoms. The minimum absolute atomic E-state index is 0.00404. The lowest BCUT2D eigenvalue weighted by Crippen LogP contribution is -3.09. The van der Waals surface area contributed by atoms with Gasteiger partial charge in [-0.15, -0.1) is 6.58 Å². The number of guanidine groups is 1. The van der Waals surface area contributed by atoms with Crippen molar-refractivity contribution in [1.82, 2.24) is 10.6 Å². The molecule has 3 aliphatic heterocycles. The highest BCUT2D eigenvalue weighted by molar-refractivity contribution is 5.92. The van der Waals surface area contributed by atoms with Crippen LogP contribution in [0.2, 0.25) is 0 Å².